The SMILES string of the molecule is COCC#Cc1cnc2c(c1)C(=O)N([C@H](C)CO)C[C@H](C)[C@H](CN(C)C(=O)CCN1CCCCC1)O2. The first-order chi connectivity index (χ1) is 17.3. The highest BCUT2D eigenvalue weighted by Crippen LogP contribution is 2.27. The fraction of sp³-hybridized carbons (Fsp3) is 0.667. The number of amides is 2. The van der Waals surface area contributed by atoms with Crippen molar-refractivity contribution < 1.29 is 24.2 Å². The van der Waals surface area contributed by atoms with Crippen LogP contribution < -0.4 is 4.74 Å². The van der Waals surface area contributed by atoms with E-state index in [0.717, 1.165) is 19.6 Å². The Labute approximate surface area is 214 Å². The molecule has 3 atom stereocenters. The van der Waals surface area contributed by atoms with E-state index >= 15 is 0 Å². The van der Waals surface area contributed by atoms with Crippen LogP contribution in [-0.2, 0) is 9.53 Å². The summed E-state index contributed by atoms with van der Waals surface area (Å²) in [6, 6.07) is 1.30. The van der Waals surface area contributed by atoms with Gasteiger partial charge in [0, 0.05) is 51.3 Å². The summed E-state index contributed by atoms with van der Waals surface area (Å²) in [6.07, 6.45) is 5.35. The quantitative estimate of drug-likeness (QED) is 0.542. The molecule has 3 rings (SSSR count). The second-order valence-electron chi connectivity index (χ2n) is 9.86. The average Bonchev–Trinajstić information content (AvgIpc) is 2.89. The number of nitrogens with zero attached hydrogens (tertiary/aromatic N) is 4. The Morgan fingerprint density at radius 3 is 2.81 bits per heavy atom. The fourth-order valence-electron chi connectivity index (χ4n) is 4.60. The molecule has 198 valence electrons. The highest BCUT2D eigenvalue weighted by molar-refractivity contribution is 5.97. The minimum absolute atomic E-state index is 0.0760. The molecule has 1 N–H and O–H groups in total. The Kier molecular flexibility index (Phi) is 10.5. The van der Waals surface area contributed by atoms with Crippen molar-refractivity contribution in [3.05, 3.63) is 23.4 Å². The summed E-state index contributed by atoms with van der Waals surface area (Å²) in [6.45, 7) is 7.59. The van der Waals surface area contributed by atoms with E-state index in [9.17, 15) is 14.7 Å². The standard InChI is InChI=1S/C27H40N4O5/c1-20-17-31(21(2)19-32)27(34)23-15-22(9-8-14-35-4)16-28-26(23)36-24(20)18-29(3)25(33)10-13-30-11-6-5-7-12-30/h15-16,20-21,24,32H,5-7,10-14,17-19H2,1-4H3/t20-,21+,24-/m0/s1. The second kappa shape index (κ2) is 13.6. The highest BCUT2D eigenvalue weighted by Gasteiger charge is 2.34. The molecule has 1 fully saturated rings. The summed E-state index contributed by atoms with van der Waals surface area (Å²) in [7, 11) is 3.37. The van der Waals surface area contributed by atoms with Crippen LogP contribution in [0.2, 0.25) is 0 Å². The van der Waals surface area contributed by atoms with Crippen molar-refractivity contribution >= 4 is 11.8 Å². The van der Waals surface area contributed by atoms with Gasteiger partial charge in [-0.2, -0.15) is 0 Å². The number of piperidine rings is 1. The molecular weight excluding hydrogens is 460 g/mol. The number of carbonyl (C=O) groups is 2. The lowest BCUT2D eigenvalue weighted by Crippen LogP contribution is -2.50. The molecule has 0 aromatic carbocycles. The summed E-state index contributed by atoms with van der Waals surface area (Å²) in [5.74, 6) is 5.77. The molecule has 1 aromatic rings. The molecule has 2 aliphatic rings. The van der Waals surface area contributed by atoms with E-state index in [1.54, 1.807) is 36.2 Å². The maximum Gasteiger partial charge on any atom is 0.259 e. The van der Waals surface area contributed by atoms with Crippen molar-refractivity contribution in [1.82, 2.24) is 19.7 Å². The third-order valence-corrected chi connectivity index (χ3v) is 6.94. The van der Waals surface area contributed by atoms with Crippen molar-refractivity contribution in [2.75, 3.05) is 60.1 Å². The predicted molar refractivity (Wildman–Crippen MR) is 137 cm³/mol. The number of carbonyl (C=O) groups excluding carboxylic acids is 2. The summed E-state index contributed by atoms with van der Waals surface area (Å²) < 4.78 is 11.3. The number of hydrogen-bond donors (Lipinski definition) is 1. The maximum absolute atomic E-state index is 13.4. The number of aliphatic hydroxyl groups is 1. The van der Waals surface area contributed by atoms with Crippen LogP contribution in [0.4, 0.5) is 0 Å². The summed E-state index contributed by atoms with van der Waals surface area (Å²) in [5.41, 5.74) is 0.880. The molecule has 0 unspecified atom stereocenters. The van der Waals surface area contributed by atoms with Gasteiger partial charge in [-0.3, -0.25) is 9.59 Å². The number of fused-ring (bicyclic) bond motifs is 1. The van der Waals surface area contributed by atoms with E-state index in [0.29, 0.717) is 30.6 Å². The molecule has 1 aromatic heterocycles. The van der Waals surface area contributed by atoms with Gasteiger partial charge in [-0.05, 0) is 38.9 Å². The van der Waals surface area contributed by atoms with E-state index in [1.807, 2.05) is 13.8 Å². The van der Waals surface area contributed by atoms with Crippen LogP contribution in [-0.4, -0.2) is 109 Å². The summed E-state index contributed by atoms with van der Waals surface area (Å²) >= 11 is 0. The summed E-state index contributed by atoms with van der Waals surface area (Å²) in [5, 5.41) is 9.82. The molecule has 36 heavy (non-hydrogen) atoms. The number of likely N-dealkylation sites (tertiary alicyclic amines) is 1. The topological polar surface area (TPSA) is 95.4 Å². The first-order valence-corrected chi connectivity index (χ1v) is 12.9. The molecule has 3 heterocycles. The molecule has 9 nitrogen and oxygen atoms in total. The number of aliphatic hydroxyl groups excluding tert-OH is 1. The van der Waals surface area contributed by atoms with Gasteiger partial charge in [-0.15, -0.1) is 0 Å². The van der Waals surface area contributed by atoms with Crippen LogP contribution in [0.1, 0.15) is 55.5 Å². The molecule has 0 spiro atoms. The van der Waals surface area contributed by atoms with Gasteiger partial charge < -0.3 is 29.3 Å². The van der Waals surface area contributed by atoms with Gasteiger partial charge in [-0.25, -0.2) is 4.98 Å². The lowest BCUT2D eigenvalue weighted by atomic mass is 9.99. The molecule has 2 aliphatic heterocycles. The van der Waals surface area contributed by atoms with E-state index in [-0.39, 0.29) is 49.0 Å². The first-order valence-electron chi connectivity index (χ1n) is 12.9. The maximum atomic E-state index is 13.4. The largest absolute Gasteiger partial charge is 0.472 e. The third kappa shape index (κ3) is 7.42. The number of hydrogen-bond acceptors (Lipinski definition) is 7. The van der Waals surface area contributed by atoms with Gasteiger partial charge in [-0.1, -0.05) is 25.2 Å². The van der Waals surface area contributed by atoms with Crippen molar-refractivity contribution in [2.45, 2.75) is 51.7 Å². The Hall–Kier alpha value is -2.67. The van der Waals surface area contributed by atoms with E-state index in [2.05, 4.69) is 21.7 Å². The van der Waals surface area contributed by atoms with E-state index in [4.69, 9.17) is 9.47 Å². The average molecular weight is 501 g/mol. The van der Waals surface area contributed by atoms with E-state index < -0.39 is 0 Å². The molecule has 9 heteroatoms. The third-order valence-electron chi connectivity index (χ3n) is 6.94. The zero-order valence-electron chi connectivity index (χ0n) is 22.0. The second-order valence-corrected chi connectivity index (χ2v) is 9.86. The van der Waals surface area contributed by atoms with Crippen LogP contribution in [0.5, 0.6) is 5.88 Å². The summed E-state index contributed by atoms with van der Waals surface area (Å²) in [4.78, 5) is 36.5. The van der Waals surface area contributed by atoms with Gasteiger partial charge in [0.05, 0.1) is 19.2 Å². The van der Waals surface area contributed by atoms with Gasteiger partial charge in [0.15, 0.2) is 0 Å². The minimum atomic E-state index is -0.376. The van der Waals surface area contributed by atoms with Crippen LogP contribution in [0.3, 0.4) is 0 Å². The zero-order chi connectivity index (χ0) is 26.1. The molecule has 2 amide bonds. The predicted octanol–water partition coefficient (Wildman–Crippen LogP) is 1.63. The van der Waals surface area contributed by atoms with Gasteiger partial charge in [0.25, 0.3) is 5.91 Å². The van der Waals surface area contributed by atoms with Crippen LogP contribution >= 0.6 is 0 Å². The lowest BCUT2D eigenvalue weighted by Gasteiger charge is -2.37. The number of methoxy groups -OCH3 is 1. The molecule has 1 saturated heterocycles. The molecule has 0 aliphatic carbocycles. The number of ether oxygens (including phenoxy) is 2. The Balaban J connectivity index is 1.78. The molecule has 0 radical (unpaired) electrons. The Morgan fingerprint density at radius 2 is 2.11 bits per heavy atom. The minimum Gasteiger partial charge on any atom is -0.472 e. The van der Waals surface area contributed by atoms with Gasteiger partial charge >= 0.3 is 0 Å². The Morgan fingerprint density at radius 1 is 1.36 bits per heavy atom. The number of pyridine rings is 1. The van der Waals surface area contributed by atoms with Crippen LogP contribution in [0.25, 0.3) is 0 Å². The van der Waals surface area contributed by atoms with Crippen molar-refractivity contribution in [3.8, 4) is 17.7 Å². The normalized spacial score (nSPS) is 21.4. The Bertz CT molecular complexity index is 953. The van der Waals surface area contributed by atoms with Crippen molar-refractivity contribution in [3.63, 3.8) is 0 Å². The number of likely N-dealkylation sites (N-methyl/N-ethyl adjacent to an activating group) is 1. The van der Waals surface area contributed by atoms with Crippen LogP contribution in [0.15, 0.2) is 12.3 Å². The van der Waals surface area contributed by atoms with Crippen molar-refractivity contribution in [2.24, 2.45) is 5.92 Å². The van der Waals surface area contributed by atoms with Crippen LogP contribution in [0, 0.1) is 17.8 Å². The molecule has 0 saturated carbocycles. The van der Waals surface area contributed by atoms with Gasteiger partial charge in [0.2, 0.25) is 11.8 Å². The van der Waals surface area contributed by atoms with E-state index in [1.165, 1.54) is 19.3 Å². The monoisotopic (exact) mass is 500 g/mol. The highest BCUT2D eigenvalue weighted by atomic mass is 16.5. The number of rotatable bonds is 8. The molecular formula is C27H40N4O5. The first kappa shape index (κ1) is 27.9. The van der Waals surface area contributed by atoms with Gasteiger partial charge in [0.1, 0.15) is 18.3 Å². The smallest absolute Gasteiger partial charge is 0.259 e. The molecule has 0 bridgehead atoms. The van der Waals surface area contributed by atoms with Crippen molar-refractivity contribution in [1.29, 1.82) is 0 Å². The lowest BCUT2D eigenvalue weighted by molar-refractivity contribution is -0.131. The zero-order valence-corrected chi connectivity index (χ0v) is 22.0. The fourth-order valence-corrected chi connectivity index (χ4v) is 4.60. The number of aromatic nitrogens is 1.